The zero-order valence-corrected chi connectivity index (χ0v) is 10.5. The van der Waals surface area contributed by atoms with Gasteiger partial charge in [-0.15, -0.1) is 11.8 Å². The molecule has 0 aliphatic rings. The fourth-order valence-corrected chi connectivity index (χ4v) is 2.36. The van der Waals surface area contributed by atoms with Crippen molar-refractivity contribution in [2.24, 2.45) is 0 Å². The minimum absolute atomic E-state index is 0.0984. The largest absolute Gasteiger partial charge is 0.395 e. The van der Waals surface area contributed by atoms with Crippen LogP contribution in [0.15, 0.2) is 29.2 Å². The number of hydrogen-bond donors (Lipinski definition) is 2. The first kappa shape index (κ1) is 14.4. The molecule has 17 heavy (non-hydrogen) atoms. The Hall–Kier alpha value is -0.620. The molecule has 0 fully saturated rings. The van der Waals surface area contributed by atoms with E-state index in [0.717, 1.165) is 17.2 Å². The minimum Gasteiger partial charge on any atom is -0.395 e. The molecular formula is C12H18FNO2S. The third-order valence-electron chi connectivity index (χ3n) is 2.32. The van der Waals surface area contributed by atoms with E-state index in [4.69, 9.17) is 10.2 Å². The molecule has 0 bridgehead atoms. The Morgan fingerprint density at radius 1 is 1.00 bits per heavy atom. The molecule has 0 saturated carbocycles. The molecule has 0 atom stereocenters. The molecule has 0 aliphatic heterocycles. The maximum Gasteiger partial charge on any atom is 0.123 e. The minimum atomic E-state index is -0.225. The Kier molecular flexibility index (Phi) is 7.19. The first-order valence-electron chi connectivity index (χ1n) is 5.58. The number of aliphatic hydroxyl groups is 2. The van der Waals surface area contributed by atoms with Crippen LogP contribution in [0.3, 0.4) is 0 Å². The van der Waals surface area contributed by atoms with Crippen molar-refractivity contribution in [2.45, 2.75) is 4.90 Å². The van der Waals surface area contributed by atoms with E-state index in [2.05, 4.69) is 0 Å². The fraction of sp³-hybridized carbons (Fsp3) is 0.500. The summed E-state index contributed by atoms with van der Waals surface area (Å²) in [6, 6.07) is 6.40. The second-order valence-electron chi connectivity index (χ2n) is 3.59. The summed E-state index contributed by atoms with van der Waals surface area (Å²) < 4.78 is 12.7. The highest BCUT2D eigenvalue weighted by Crippen LogP contribution is 2.17. The Morgan fingerprint density at radius 3 is 2.12 bits per heavy atom. The van der Waals surface area contributed by atoms with E-state index in [1.807, 2.05) is 4.90 Å². The Morgan fingerprint density at radius 2 is 1.59 bits per heavy atom. The van der Waals surface area contributed by atoms with Gasteiger partial charge in [0.25, 0.3) is 0 Å². The molecule has 0 aromatic heterocycles. The van der Waals surface area contributed by atoms with Crippen LogP contribution in [0.5, 0.6) is 0 Å². The van der Waals surface area contributed by atoms with Gasteiger partial charge in [-0.3, -0.25) is 4.90 Å². The summed E-state index contributed by atoms with van der Waals surface area (Å²) in [5.74, 6) is 0.627. The zero-order valence-electron chi connectivity index (χ0n) is 9.68. The van der Waals surface area contributed by atoms with E-state index >= 15 is 0 Å². The predicted molar refractivity (Wildman–Crippen MR) is 67.7 cm³/mol. The van der Waals surface area contributed by atoms with Gasteiger partial charge in [0.1, 0.15) is 5.82 Å². The first-order valence-corrected chi connectivity index (χ1v) is 6.57. The smallest absolute Gasteiger partial charge is 0.123 e. The molecule has 1 aromatic carbocycles. The second-order valence-corrected chi connectivity index (χ2v) is 4.76. The average Bonchev–Trinajstić information content (AvgIpc) is 2.32. The van der Waals surface area contributed by atoms with Gasteiger partial charge in [0.15, 0.2) is 0 Å². The fourth-order valence-electron chi connectivity index (χ4n) is 1.44. The summed E-state index contributed by atoms with van der Waals surface area (Å²) in [4.78, 5) is 3.02. The molecule has 0 amide bonds. The van der Waals surface area contributed by atoms with Crippen molar-refractivity contribution < 1.29 is 14.6 Å². The Bertz CT molecular complexity index is 302. The summed E-state index contributed by atoms with van der Waals surface area (Å²) in [5.41, 5.74) is 0. The maximum atomic E-state index is 12.7. The molecule has 0 radical (unpaired) electrons. The van der Waals surface area contributed by atoms with E-state index in [1.165, 1.54) is 12.1 Å². The van der Waals surface area contributed by atoms with Crippen LogP contribution < -0.4 is 0 Å². The molecule has 1 rings (SSSR count). The number of halogens is 1. The monoisotopic (exact) mass is 259 g/mol. The molecule has 0 unspecified atom stereocenters. The molecular weight excluding hydrogens is 241 g/mol. The van der Waals surface area contributed by atoms with Crippen molar-refractivity contribution in [1.29, 1.82) is 0 Å². The summed E-state index contributed by atoms with van der Waals surface area (Å²) in [6.07, 6.45) is 0. The number of nitrogens with zero attached hydrogens (tertiary/aromatic N) is 1. The summed E-state index contributed by atoms with van der Waals surface area (Å²) in [7, 11) is 0. The highest BCUT2D eigenvalue weighted by molar-refractivity contribution is 7.99. The lowest BCUT2D eigenvalue weighted by atomic mass is 10.4. The van der Waals surface area contributed by atoms with E-state index in [1.54, 1.807) is 23.9 Å². The van der Waals surface area contributed by atoms with Crippen molar-refractivity contribution in [3.8, 4) is 0 Å². The molecule has 0 aliphatic carbocycles. The number of rotatable bonds is 8. The maximum absolute atomic E-state index is 12.7. The van der Waals surface area contributed by atoms with Gasteiger partial charge < -0.3 is 10.2 Å². The average molecular weight is 259 g/mol. The highest BCUT2D eigenvalue weighted by atomic mass is 32.2. The van der Waals surface area contributed by atoms with Crippen LogP contribution in [-0.4, -0.2) is 53.7 Å². The standard InChI is InChI=1S/C12H18FNO2S/c13-11-1-3-12(4-2-11)17-10-7-14(5-8-15)6-9-16/h1-4,15-16H,5-10H2. The van der Waals surface area contributed by atoms with Crippen molar-refractivity contribution in [1.82, 2.24) is 4.90 Å². The van der Waals surface area contributed by atoms with Gasteiger partial charge in [-0.25, -0.2) is 4.39 Å². The van der Waals surface area contributed by atoms with Crippen LogP contribution in [0.2, 0.25) is 0 Å². The normalized spacial score (nSPS) is 11.1. The molecule has 1 aromatic rings. The van der Waals surface area contributed by atoms with E-state index < -0.39 is 0 Å². The van der Waals surface area contributed by atoms with Gasteiger partial charge in [0, 0.05) is 30.3 Å². The second kappa shape index (κ2) is 8.47. The summed E-state index contributed by atoms with van der Waals surface area (Å²) in [6.45, 7) is 2.14. The SMILES string of the molecule is OCCN(CCO)CCSc1ccc(F)cc1. The van der Waals surface area contributed by atoms with Gasteiger partial charge in [0.05, 0.1) is 13.2 Å². The first-order chi connectivity index (χ1) is 8.26. The zero-order chi connectivity index (χ0) is 12.5. The van der Waals surface area contributed by atoms with E-state index in [-0.39, 0.29) is 19.0 Å². The molecule has 3 nitrogen and oxygen atoms in total. The molecule has 0 heterocycles. The van der Waals surface area contributed by atoms with Gasteiger partial charge in [0.2, 0.25) is 0 Å². The summed E-state index contributed by atoms with van der Waals surface area (Å²) in [5, 5.41) is 17.7. The van der Waals surface area contributed by atoms with Crippen LogP contribution in [0.1, 0.15) is 0 Å². The highest BCUT2D eigenvalue weighted by Gasteiger charge is 2.03. The Balaban J connectivity index is 2.27. The molecule has 5 heteroatoms. The lowest BCUT2D eigenvalue weighted by Crippen LogP contribution is -2.31. The van der Waals surface area contributed by atoms with Crippen molar-refractivity contribution >= 4 is 11.8 Å². The molecule has 0 saturated heterocycles. The Labute approximate surface area is 105 Å². The van der Waals surface area contributed by atoms with E-state index in [9.17, 15) is 4.39 Å². The number of hydrogen-bond acceptors (Lipinski definition) is 4. The van der Waals surface area contributed by atoms with Crippen LogP contribution in [-0.2, 0) is 0 Å². The van der Waals surface area contributed by atoms with Gasteiger partial charge in [-0.1, -0.05) is 0 Å². The lowest BCUT2D eigenvalue weighted by Gasteiger charge is -2.19. The van der Waals surface area contributed by atoms with Gasteiger partial charge in [-0.05, 0) is 24.3 Å². The molecule has 96 valence electrons. The van der Waals surface area contributed by atoms with Crippen LogP contribution in [0, 0.1) is 5.82 Å². The number of thioether (sulfide) groups is 1. The van der Waals surface area contributed by atoms with Gasteiger partial charge in [-0.2, -0.15) is 0 Å². The van der Waals surface area contributed by atoms with E-state index in [0.29, 0.717) is 13.1 Å². The van der Waals surface area contributed by atoms with Crippen LogP contribution in [0.25, 0.3) is 0 Å². The summed E-state index contributed by atoms with van der Waals surface area (Å²) >= 11 is 1.64. The third-order valence-corrected chi connectivity index (χ3v) is 3.31. The van der Waals surface area contributed by atoms with Crippen LogP contribution >= 0.6 is 11.8 Å². The molecule has 2 N–H and O–H groups in total. The van der Waals surface area contributed by atoms with Crippen LogP contribution in [0.4, 0.5) is 4.39 Å². The van der Waals surface area contributed by atoms with Gasteiger partial charge >= 0.3 is 0 Å². The predicted octanol–water partition coefficient (Wildman–Crippen LogP) is 1.20. The number of aliphatic hydroxyl groups excluding tert-OH is 2. The third kappa shape index (κ3) is 6.02. The van der Waals surface area contributed by atoms with Crippen molar-refractivity contribution in [2.75, 3.05) is 38.6 Å². The topological polar surface area (TPSA) is 43.7 Å². The quantitative estimate of drug-likeness (QED) is 0.689. The molecule has 0 spiro atoms. The number of benzene rings is 1. The van der Waals surface area contributed by atoms with Crippen molar-refractivity contribution in [3.05, 3.63) is 30.1 Å². The van der Waals surface area contributed by atoms with Crippen molar-refractivity contribution in [3.63, 3.8) is 0 Å². The lowest BCUT2D eigenvalue weighted by molar-refractivity contribution is 0.167.